The van der Waals surface area contributed by atoms with Crippen LogP contribution in [0, 0.1) is 0 Å². The first-order valence-electron chi connectivity index (χ1n) is 6.79. The van der Waals surface area contributed by atoms with Gasteiger partial charge in [0.25, 0.3) is 0 Å². The van der Waals surface area contributed by atoms with Crippen LogP contribution in [0.1, 0.15) is 19.4 Å². The van der Waals surface area contributed by atoms with E-state index >= 15 is 0 Å². The summed E-state index contributed by atoms with van der Waals surface area (Å²) in [6.45, 7) is 3.66. The molecule has 0 atom stereocenters. The molecule has 0 aliphatic heterocycles. The Morgan fingerprint density at radius 3 is 2.45 bits per heavy atom. The second-order valence-corrected chi connectivity index (χ2v) is 5.78. The molecule has 1 N–H and O–H groups in total. The first-order chi connectivity index (χ1) is 9.44. The zero-order valence-electron chi connectivity index (χ0n) is 12.3. The lowest BCUT2D eigenvalue weighted by Gasteiger charge is -2.34. The Bertz CT molecular complexity index is 619. The topological polar surface area (TPSA) is 40.5 Å². The summed E-state index contributed by atoms with van der Waals surface area (Å²) in [6.07, 6.45) is 0.352. The highest BCUT2D eigenvalue weighted by molar-refractivity contribution is 5.85. The van der Waals surface area contributed by atoms with Crippen molar-refractivity contribution < 1.29 is 9.90 Å². The van der Waals surface area contributed by atoms with Crippen LogP contribution in [0.25, 0.3) is 10.8 Å². The fourth-order valence-corrected chi connectivity index (χ4v) is 2.09. The van der Waals surface area contributed by atoms with E-state index in [0.717, 1.165) is 10.9 Å². The first kappa shape index (κ1) is 14.5. The number of aliphatic hydroxyl groups excluding tert-OH is 1. The van der Waals surface area contributed by atoms with Gasteiger partial charge in [0.2, 0.25) is 5.91 Å². The van der Waals surface area contributed by atoms with Crippen LogP contribution in [0.3, 0.4) is 0 Å². The standard InChI is InChI=1S/C17H21NO2/c1-17(2,12-19)18(3)16(20)11-13-8-9-14-6-4-5-7-15(14)10-13/h4-10,19H,11-12H2,1-3H3. The van der Waals surface area contributed by atoms with Gasteiger partial charge in [0.15, 0.2) is 0 Å². The Balaban J connectivity index is 2.17. The fraction of sp³-hybridized carbons (Fsp3) is 0.353. The van der Waals surface area contributed by atoms with E-state index in [0.29, 0.717) is 6.42 Å². The maximum atomic E-state index is 12.3. The van der Waals surface area contributed by atoms with Crippen molar-refractivity contribution in [2.45, 2.75) is 25.8 Å². The smallest absolute Gasteiger partial charge is 0.227 e. The van der Waals surface area contributed by atoms with Gasteiger partial charge in [0, 0.05) is 7.05 Å². The number of carbonyl (C=O) groups excluding carboxylic acids is 1. The van der Waals surface area contributed by atoms with Crippen LogP contribution in [0.5, 0.6) is 0 Å². The van der Waals surface area contributed by atoms with Gasteiger partial charge in [-0.2, -0.15) is 0 Å². The number of amides is 1. The molecule has 0 aromatic heterocycles. The molecule has 0 unspecified atom stereocenters. The third-order valence-corrected chi connectivity index (χ3v) is 3.84. The van der Waals surface area contributed by atoms with Crippen molar-refractivity contribution in [3.63, 3.8) is 0 Å². The molecule has 2 rings (SSSR count). The van der Waals surface area contributed by atoms with Crippen molar-refractivity contribution in [3.8, 4) is 0 Å². The van der Waals surface area contributed by atoms with Gasteiger partial charge in [-0.1, -0.05) is 42.5 Å². The number of hydrogen-bond donors (Lipinski definition) is 1. The molecule has 0 aliphatic rings. The fourth-order valence-electron chi connectivity index (χ4n) is 2.09. The van der Waals surface area contributed by atoms with E-state index in [-0.39, 0.29) is 12.5 Å². The Labute approximate surface area is 119 Å². The summed E-state index contributed by atoms with van der Waals surface area (Å²) < 4.78 is 0. The first-order valence-corrected chi connectivity index (χ1v) is 6.79. The summed E-state index contributed by atoms with van der Waals surface area (Å²) in [5, 5.41) is 11.6. The number of likely N-dealkylation sites (N-methyl/N-ethyl adjacent to an activating group) is 1. The number of hydrogen-bond acceptors (Lipinski definition) is 2. The second-order valence-electron chi connectivity index (χ2n) is 5.78. The molecular formula is C17H21NO2. The molecule has 1 amide bonds. The van der Waals surface area contributed by atoms with Crippen LogP contribution in [0.4, 0.5) is 0 Å². The lowest BCUT2D eigenvalue weighted by atomic mass is 10.0. The maximum Gasteiger partial charge on any atom is 0.227 e. The van der Waals surface area contributed by atoms with Crippen LogP contribution in [-0.4, -0.2) is 35.1 Å². The summed E-state index contributed by atoms with van der Waals surface area (Å²) in [5.41, 5.74) is 0.461. The minimum Gasteiger partial charge on any atom is -0.394 e. The van der Waals surface area contributed by atoms with Gasteiger partial charge >= 0.3 is 0 Å². The highest BCUT2D eigenvalue weighted by atomic mass is 16.3. The molecule has 2 aromatic carbocycles. The Kier molecular flexibility index (Phi) is 4.09. The van der Waals surface area contributed by atoms with Gasteiger partial charge in [-0.05, 0) is 30.2 Å². The van der Waals surface area contributed by atoms with Crippen molar-refractivity contribution in [3.05, 3.63) is 48.0 Å². The number of aliphatic hydroxyl groups is 1. The van der Waals surface area contributed by atoms with E-state index in [1.807, 2.05) is 50.2 Å². The van der Waals surface area contributed by atoms with Crippen LogP contribution in [0.2, 0.25) is 0 Å². The highest BCUT2D eigenvalue weighted by Gasteiger charge is 2.26. The third-order valence-electron chi connectivity index (χ3n) is 3.84. The predicted molar refractivity (Wildman–Crippen MR) is 81.6 cm³/mol. The van der Waals surface area contributed by atoms with E-state index in [9.17, 15) is 9.90 Å². The maximum absolute atomic E-state index is 12.3. The average Bonchev–Trinajstić information content (AvgIpc) is 2.46. The Hall–Kier alpha value is -1.87. The summed E-state index contributed by atoms with van der Waals surface area (Å²) in [6, 6.07) is 14.2. The van der Waals surface area contributed by atoms with Crippen molar-refractivity contribution in [2.75, 3.05) is 13.7 Å². The highest BCUT2D eigenvalue weighted by Crippen LogP contribution is 2.18. The van der Waals surface area contributed by atoms with Crippen molar-refractivity contribution in [2.24, 2.45) is 0 Å². The summed E-state index contributed by atoms with van der Waals surface area (Å²) in [7, 11) is 1.74. The van der Waals surface area contributed by atoms with Crippen LogP contribution >= 0.6 is 0 Å². The molecule has 0 fully saturated rings. The lowest BCUT2D eigenvalue weighted by Crippen LogP contribution is -2.48. The molecule has 0 aliphatic carbocycles. The van der Waals surface area contributed by atoms with Crippen molar-refractivity contribution >= 4 is 16.7 Å². The number of fused-ring (bicyclic) bond motifs is 1. The van der Waals surface area contributed by atoms with Crippen molar-refractivity contribution in [1.82, 2.24) is 4.90 Å². The quantitative estimate of drug-likeness (QED) is 0.928. The van der Waals surface area contributed by atoms with Crippen LogP contribution in [-0.2, 0) is 11.2 Å². The molecule has 106 valence electrons. The molecule has 0 saturated carbocycles. The number of carbonyl (C=O) groups is 1. The SMILES string of the molecule is CN(C(=O)Cc1ccc2ccccc2c1)C(C)(C)CO. The van der Waals surface area contributed by atoms with Crippen molar-refractivity contribution in [1.29, 1.82) is 0 Å². The Morgan fingerprint density at radius 2 is 1.80 bits per heavy atom. The largest absolute Gasteiger partial charge is 0.394 e. The summed E-state index contributed by atoms with van der Waals surface area (Å²) >= 11 is 0. The summed E-state index contributed by atoms with van der Waals surface area (Å²) in [5.74, 6) is 0.0133. The number of rotatable bonds is 4. The Morgan fingerprint density at radius 1 is 1.15 bits per heavy atom. The van der Waals surface area contributed by atoms with E-state index in [4.69, 9.17) is 0 Å². The molecule has 0 saturated heterocycles. The lowest BCUT2D eigenvalue weighted by molar-refractivity contribution is -0.135. The third kappa shape index (κ3) is 2.99. The summed E-state index contributed by atoms with van der Waals surface area (Å²) in [4.78, 5) is 13.9. The second kappa shape index (κ2) is 5.63. The molecule has 3 nitrogen and oxygen atoms in total. The van der Waals surface area contributed by atoms with Gasteiger partial charge in [-0.3, -0.25) is 4.79 Å². The van der Waals surface area contributed by atoms with E-state index in [1.165, 1.54) is 5.39 Å². The number of nitrogens with zero attached hydrogens (tertiary/aromatic N) is 1. The molecule has 0 spiro atoms. The van der Waals surface area contributed by atoms with Gasteiger partial charge in [-0.15, -0.1) is 0 Å². The minimum atomic E-state index is -0.534. The molecule has 2 aromatic rings. The molecule has 0 heterocycles. The molecular weight excluding hydrogens is 250 g/mol. The molecule has 0 bridgehead atoms. The molecule has 0 radical (unpaired) electrons. The molecule has 20 heavy (non-hydrogen) atoms. The van der Waals surface area contributed by atoms with E-state index in [1.54, 1.807) is 11.9 Å². The van der Waals surface area contributed by atoms with E-state index in [2.05, 4.69) is 6.07 Å². The average molecular weight is 271 g/mol. The number of benzene rings is 2. The zero-order chi connectivity index (χ0) is 14.8. The minimum absolute atomic E-state index is 0.0133. The van der Waals surface area contributed by atoms with Crippen LogP contribution < -0.4 is 0 Å². The monoisotopic (exact) mass is 271 g/mol. The predicted octanol–water partition coefficient (Wildman–Crippen LogP) is 2.61. The van der Waals surface area contributed by atoms with Gasteiger partial charge in [0.05, 0.1) is 18.6 Å². The van der Waals surface area contributed by atoms with Gasteiger partial charge in [-0.25, -0.2) is 0 Å². The van der Waals surface area contributed by atoms with Gasteiger partial charge < -0.3 is 10.0 Å². The van der Waals surface area contributed by atoms with E-state index < -0.39 is 5.54 Å². The molecule has 3 heteroatoms. The normalized spacial score (nSPS) is 11.6. The zero-order valence-corrected chi connectivity index (χ0v) is 12.3. The van der Waals surface area contributed by atoms with Crippen LogP contribution in [0.15, 0.2) is 42.5 Å². The van der Waals surface area contributed by atoms with Gasteiger partial charge in [0.1, 0.15) is 0 Å².